The van der Waals surface area contributed by atoms with Crippen LogP contribution in [0.4, 0.5) is 4.39 Å². The third-order valence-corrected chi connectivity index (χ3v) is 5.02. The average Bonchev–Trinajstić information content (AvgIpc) is 3.51. The number of hydrogen-bond acceptors (Lipinski definition) is 5. The van der Waals surface area contributed by atoms with E-state index in [1.165, 1.54) is 6.07 Å². The summed E-state index contributed by atoms with van der Waals surface area (Å²) in [6.07, 6.45) is 6.83. The van der Waals surface area contributed by atoms with Gasteiger partial charge in [-0.05, 0) is 18.2 Å². The number of aromatic amines is 3. The summed E-state index contributed by atoms with van der Waals surface area (Å²) in [7, 11) is 0. The third-order valence-electron chi connectivity index (χ3n) is 5.02. The fraction of sp³-hybridized carbons (Fsp3) is 0. The molecule has 5 aromatic heterocycles. The van der Waals surface area contributed by atoms with E-state index in [0.29, 0.717) is 33.8 Å². The zero-order valence-electron chi connectivity index (χ0n) is 15.4. The van der Waals surface area contributed by atoms with Crippen molar-refractivity contribution in [2.75, 3.05) is 0 Å². The van der Waals surface area contributed by atoms with Crippen molar-refractivity contribution in [1.82, 2.24) is 40.3 Å². The van der Waals surface area contributed by atoms with E-state index < -0.39 is 0 Å². The van der Waals surface area contributed by atoms with Gasteiger partial charge in [0, 0.05) is 34.5 Å². The molecule has 0 aliphatic heterocycles. The Morgan fingerprint density at radius 3 is 2.77 bits per heavy atom. The topological polar surface area (TPSA) is 112 Å². The van der Waals surface area contributed by atoms with E-state index in [2.05, 4.69) is 40.3 Å². The van der Waals surface area contributed by atoms with Gasteiger partial charge in [-0.1, -0.05) is 18.2 Å². The number of pyridine rings is 2. The van der Waals surface area contributed by atoms with Gasteiger partial charge >= 0.3 is 0 Å². The maximum absolute atomic E-state index is 14.4. The van der Waals surface area contributed by atoms with Gasteiger partial charge in [0.2, 0.25) is 0 Å². The van der Waals surface area contributed by atoms with Crippen LogP contribution in [-0.4, -0.2) is 40.3 Å². The van der Waals surface area contributed by atoms with Crippen LogP contribution in [0.5, 0.6) is 0 Å². The molecule has 0 spiro atoms. The number of rotatable bonds is 3. The summed E-state index contributed by atoms with van der Waals surface area (Å²) < 4.78 is 14.4. The van der Waals surface area contributed by atoms with Crippen LogP contribution >= 0.6 is 0 Å². The molecule has 0 atom stereocenters. The van der Waals surface area contributed by atoms with E-state index in [1.807, 2.05) is 6.07 Å². The summed E-state index contributed by atoms with van der Waals surface area (Å²) in [5.41, 5.74) is 5.37. The lowest BCUT2D eigenvalue weighted by atomic mass is 10.1. The van der Waals surface area contributed by atoms with E-state index in [4.69, 9.17) is 0 Å². The molecule has 6 rings (SSSR count). The van der Waals surface area contributed by atoms with Crippen molar-refractivity contribution < 1.29 is 4.39 Å². The van der Waals surface area contributed by atoms with Gasteiger partial charge in [0.1, 0.15) is 11.5 Å². The molecule has 0 bridgehead atoms. The van der Waals surface area contributed by atoms with E-state index in [1.54, 1.807) is 49.1 Å². The summed E-state index contributed by atoms with van der Waals surface area (Å²) in [5.74, 6) is 0.235. The van der Waals surface area contributed by atoms with Gasteiger partial charge in [-0.25, -0.2) is 14.4 Å². The Morgan fingerprint density at radius 2 is 1.90 bits per heavy atom. The second-order valence-corrected chi connectivity index (χ2v) is 6.80. The summed E-state index contributed by atoms with van der Waals surface area (Å²) in [6, 6.07) is 10.3. The summed E-state index contributed by atoms with van der Waals surface area (Å²) >= 11 is 0. The SMILES string of the molecule is Fc1ccccc1-c1ccnc2nc(-c3n[nH]c4cnc(-c5cn[nH]c5)cc34)[nH]c12. The molecule has 5 heterocycles. The Hall–Kier alpha value is -4.40. The fourth-order valence-corrected chi connectivity index (χ4v) is 3.57. The molecule has 0 fully saturated rings. The van der Waals surface area contributed by atoms with Crippen LogP contribution < -0.4 is 0 Å². The number of fused-ring (bicyclic) bond motifs is 2. The summed E-state index contributed by atoms with van der Waals surface area (Å²) in [6.45, 7) is 0. The van der Waals surface area contributed by atoms with Crippen LogP contribution in [0.15, 0.2) is 61.2 Å². The first-order valence-electron chi connectivity index (χ1n) is 9.21. The number of imidazole rings is 1. The Bertz CT molecular complexity index is 1510. The highest BCUT2D eigenvalue weighted by atomic mass is 19.1. The average molecular weight is 396 g/mol. The minimum Gasteiger partial charge on any atom is -0.335 e. The lowest BCUT2D eigenvalue weighted by molar-refractivity contribution is 0.631. The number of halogens is 1. The van der Waals surface area contributed by atoms with Crippen LogP contribution in [0.2, 0.25) is 0 Å². The molecule has 0 saturated carbocycles. The highest BCUT2D eigenvalue weighted by Gasteiger charge is 2.17. The van der Waals surface area contributed by atoms with Gasteiger partial charge in [0.05, 0.1) is 29.1 Å². The highest BCUT2D eigenvalue weighted by molar-refractivity contribution is 5.96. The van der Waals surface area contributed by atoms with Gasteiger partial charge in [-0.3, -0.25) is 15.2 Å². The van der Waals surface area contributed by atoms with Crippen molar-refractivity contribution >= 4 is 22.1 Å². The molecule has 9 heteroatoms. The van der Waals surface area contributed by atoms with Crippen LogP contribution in [0.1, 0.15) is 0 Å². The molecule has 0 aliphatic carbocycles. The Morgan fingerprint density at radius 1 is 0.967 bits per heavy atom. The number of aromatic nitrogens is 8. The van der Waals surface area contributed by atoms with Crippen molar-refractivity contribution in [3.05, 3.63) is 67.0 Å². The van der Waals surface area contributed by atoms with E-state index in [9.17, 15) is 4.39 Å². The van der Waals surface area contributed by atoms with Crippen LogP contribution in [-0.2, 0) is 0 Å². The van der Waals surface area contributed by atoms with Crippen LogP contribution in [0.3, 0.4) is 0 Å². The second-order valence-electron chi connectivity index (χ2n) is 6.80. The largest absolute Gasteiger partial charge is 0.335 e. The lowest BCUT2D eigenvalue weighted by Crippen LogP contribution is -1.87. The number of nitrogens with one attached hydrogen (secondary N) is 3. The summed E-state index contributed by atoms with van der Waals surface area (Å²) in [5, 5.41) is 15.0. The molecule has 0 radical (unpaired) electrons. The highest BCUT2D eigenvalue weighted by Crippen LogP contribution is 2.32. The molecule has 30 heavy (non-hydrogen) atoms. The van der Waals surface area contributed by atoms with Crippen molar-refractivity contribution in [3.8, 4) is 33.9 Å². The smallest absolute Gasteiger partial charge is 0.178 e. The van der Waals surface area contributed by atoms with Gasteiger partial charge in [0.25, 0.3) is 0 Å². The molecule has 3 N–H and O–H groups in total. The normalized spacial score (nSPS) is 11.5. The van der Waals surface area contributed by atoms with E-state index in [-0.39, 0.29) is 5.82 Å². The molecule has 0 unspecified atom stereocenters. The van der Waals surface area contributed by atoms with Crippen molar-refractivity contribution in [3.63, 3.8) is 0 Å². The Balaban J connectivity index is 1.54. The Kier molecular flexibility index (Phi) is 3.48. The number of H-pyrrole nitrogens is 3. The number of benzene rings is 1. The monoisotopic (exact) mass is 396 g/mol. The maximum atomic E-state index is 14.4. The van der Waals surface area contributed by atoms with Gasteiger partial charge in [-0.2, -0.15) is 10.2 Å². The number of hydrogen-bond donors (Lipinski definition) is 3. The van der Waals surface area contributed by atoms with Gasteiger partial charge < -0.3 is 4.98 Å². The predicted molar refractivity (Wildman–Crippen MR) is 110 cm³/mol. The first-order chi connectivity index (χ1) is 14.8. The molecule has 6 aromatic rings. The molecule has 0 aliphatic rings. The molecule has 0 saturated heterocycles. The molecule has 1 aromatic carbocycles. The number of nitrogens with zero attached hydrogens (tertiary/aromatic N) is 5. The predicted octanol–water partition coefficient (Wildman–Crippen LogP) is 4.09. The molecule has 8 nitrogen and oxygen atoms in total. The fourth-order valence-electron chi connectivity index (χ4n) is 3.57. The molecular weight excluding hydrogens is 383 g/mol. The van der Waals surface area contributed by atoms with Crippen LogP contribution in [0, 0.1) is 5.82 Å². The Labute approximate surface area is 168 Å². The standard InChI is InChI=1S/C21H13FN8/c22-15-4-2-1-3-12(15)13-5-6-23-20-18(13)27-21(28-20)19-14-7-16(11-8-25-26-9-11)24-10-17(14)29-30-19/h1-10H,(H,25,26)(H,29,30)(H,23,27,28). The minimum absolute atomic E-state index is 0.304. The summed E-state index contributed by atoms with van der Waals surface area (Å²) in [4.78, 5) is 16.7. The first kappa shape index (κ1) is 16.5. The van der Waals surface area contributed by atoms with Gasteiger partial charge in [0.15, 0.2) is 11.5 Å². The zero-order chi connectivity index (χ0) is 20.1. The third kappa shape index (κ3) is 2.49. The second kappa shape index (κ2) is 6.31. The van der Waals surface area contributed by atoms with Crippen LogP contribution in [0.25, 0.3) is 56.0 Å². The van der Waals surface area contributed by atoms with E-state index >= 15 is 0 Å². The molecular formula is C21H13FN8. The van der Waals surface area contributed by atoms with E-state index in [0.717, 1.165) is 22.2 Å². The van der Waals surface area contributed by atoms with Gasteiger partial charge in [-0.15, -0.1) is 0 Å². The van der Waals surface area contributed by atoms with Crippen molar-refractivity contribution in [1.29, 1.82) is 0 Å². The molecule has 144 valence electrons. The lowest BCUT2D eigenvalue weighted by Gasteiger charge is -2.03. The first-order valence-corrected chi connectivity index (χ1v) is 9.21. The van der Waals surface area contributed by atoms with Crippen molar-refractivity contribution in [2.24, 2.45) is 0 Å². The zero-order valence-corrected chi connectivity index (χ0v) is 15.4. The minimum atomic E-state index is -0.304. The maximum Gasteiger partial charge on any atom is 0.178 e. The molecule has 0 amide bonds. The van der Waals surface area contributed by atoms with Crippen molar-refractivity contribution in [2.45, 2.75) is 0 Å². The quantitative estimate of drug-likeness (QED) is 0.417.